The maximum absolute atomic E-state index is 11.9. The lowest BCUT2D eigenvalue weighted by Gasteiger charge is -2.31. The minimum absolute atomic E-state index is 0.0796. The summed E-state index contributed by atoms with van der Waals surface area (Å²) in [6.45, 7) is 6.31. The van der Waals surface area contributed by atoms with Gasteiger partial charge in [0.2, 0.25) is 0 Å². The van der Waals surface area contributed by atoms with E-state index in [0.717, 1.165) is 43.6 Å². The van der Waals surface area contributed by atoms with Gasteiger partial charge in [0.1, 0.15) is 5.60 Å². The molecule has 0 saturated heterocycles. The molecule has 2 amide bonds. The van der Waals surface area contributed by atoms with Crippen LogP contribution in [0.1, 0.15) is 62.4 Å². The molecule has 172 valence electrons. The molecule has 0 heterocycles. The standard InChI is InChI=1S/C23H37N5O3/c1-23(2,3)31-22(30)28-19-11-9-18(10-12-19)27-21(25-5)26-14-13-16-7-6-8-17(15-16)20(29)24-4/h6-8,15,18-19H,9-14H2,1-5H3,(H,24,29)(H,28,30)(H2,25,26,27). The van der Waals surface area contributed by atoms with Gasteiger partial charge in [0.25, 0.3) is 5.91 Å². The van der Waals surface area contributed by atoms with Crippen LogP contribution >= 0.6 is 0 Å². The lowest BCUT2D eigenvalue weighted by Crippen LogP contribution is -2.48. The molecular weight excluding hydrogens is 394 g/mol. The van der Waals surface area contributed by atoms with Crippen LogP contribution in [0.15, 0.2) is 29.3 Å². The van der Waals surface area contributed by atoms with E-state index in [1.54, 1.807) is 14.1 Å². The maximum Gasteiger partial charge on any atom is 0.407 e. The predicted molar refractivity (Wildman–Crippen MR) is 123 cm³/mol. The smallest absolute Gasteiger partial charge is 0.407 e. The molecule has 4 N–H and O–H groups in total. The van der Waals surface area contributed by atoms with Crippen LogP contribution in [0.4, 0.5) is 4.79 Å². The number of amides is 2. The third-order valence-electron chi connectivity index (χ3n) is 5.13. The number of hydrogen-bond donors (Lipinski definition) is 4. The van der Waals surface area contributed by atoms with Crippen molar-refractivity contribution in [1.82, 2.24) is 21.3 Å². The van der Waals surface area contributed by atoms with Crippen molar-refractivity contribution < 1.29 is 14.3 Å². The Morgan fingerprint density at radius 2 is 1.74 bits per heavy atom. The number of nitrogens with one attached hydrogen (secondary N) is 4. The number of ether oxygens (including phenoxy) is 1. The summed E-state index contributed by atoms with van der Waals surface area (Å²) in [6, 6.07) is 8.11. The molecule has 1 aliphatic rings. The summed E-state index contributed by atoms with van der Waals surface area (Å²) in [4.78, 5) is 28.0. The van der Waals surface area contributed by atoms with Crippen LogP contribution in [0.25, 0.3) is 0 Å². The van der Waals surface area contributed by atoms with E-state index in [9.17, 15) is 9.59 Å². The molecule has 1 saturated carbocycles. The Kier molecular flexibility index (Phi) is 9.15. The minimum Gasteiger partial charge on any atom is -0.444 e. The average Bonchev–Trinajstić information content (AvgIpc) is 2.72. The van der Waals surface area contributed by atoms with Gasteiger partial charge in [0, 0.05) is 38.3 Å². The van der Waals surface area contributed by atoms with Gasteiger partial charge in [0.05, 0.1) is 0 Å². The first-order valence-corrected chi connectivity index (χ1v) is 11.0. The van der Waals surface area contributed by atoms with Crippen LogP contribution in [0.3, 0.4) is 0 Å². The highest BCUT2D eigenvalue weighted by molar-refractivity contribution is 5.94. The van der Waals surface area contributed by atoms with Crippen molar-refractivity contribution in [3.05, 3.63) is 35.4 Å². The van der Waals surface area contributed by atoms with Crippen molar-refractivity contribution in [2.24, 2.45) is 4.99 Å². The summed E-state index contributed by atoms with van der Waals surface area (Å²) >= 11 is 0. The fourth-order valence-electron chi connectivity index (χ4n) is 3.58. The van der Waals surface area contributed by atoms with Gasteiger partial charge < -0.3 is 26.0 Å². The second-order valence-corrected chi connectivity index (χ2v) is 8.87. The van der Waals surface area contributed by atoms with Crippen molar-refractivity contribution in [3.8, 4) is 0 Å². The SMILES string of the molecule is CN=C(NCCc1cccc(C(=O)NC)c1)NC1CCC(NC(=O)OC(C)(C)C)CC1. The normalized spacial score (nSPS) is 19.3. The van der Waals surface area contributed by atoms with Crippen LogP contribution in [-0.4, -0.2) is 56.3 Å². The molecule has 1 aliphatic carbocycles. The highest BCUT2D eigenvalue weighted by Gasteiger charge is 2.25. The Morgan fingerprint density at radius 1 is 1.10 bits per heavy atom. The van der Waals surface area contributed by atoms with Crippen molar-refractivity contribution >= 4 is 18.0 Å². The number of nitrogens with zero attached hydrogens (tertiary/aromatic N) is 1. The molecule has 8 nitrogen and oxygen atoms in total. The number of carbonyl (C=O) groups is 2. The highest BCUT2D eigenvalue weighted by Crippen LogP contribution is 2.19. The fourth-order valence-corrected chi connectivity index (χ4v) is 3.58. The Morgan fingerprint density at radius 3 is 2.32 bits per heavy atom. The molecule has 2 rings (SSSR count). The van der Waals surface area contributed by atoms with Gasteiger partial charge >= 0.3 is 6.09 Å². The van der Waals surface area contributed by atoms with Crippen LogP contribution in [0.2, 0.25) is 0 Å². The summed E-state index contributed by atoms with van der Waals surface area (Å²) in [5.74, 6) is 0.690. The minimum atomic E-state index is -0.481. The Labute approximate surface area is 185 Å². The maximum atomic E-state index is 11.9. The summed E-state index contributed by atoms with van der Waals surface area (Å²) in [5, 5.41) is 12.4. The summed E-state index contributed by atoms with van der Waals surface area (Å²) in [7, 11) is 3.39. The molecule has 1 aromatic carbocycles. The zero-order valence-corrected chi connectivity index (χ0v) is 19.4. The lowest BCUT2D eigenvalue weighted by molar-refractivity contribution is 0.0490. The largest absolute Gasteiger partial charge is 0.444 e. The van der Waals surface area contributed by atoms with E-state index in [0.29, 0.717) is 18.2 Å². The van der Waals surface area contributed by atoms with Crippen LogP contribution < -0.4 is 21.3 Å². The Hall–Kier alpha value is -2.77. The molecule has 0 unspecified atom stereocenters. The predicted octanol–water partition coefficient (Wildman–Crippen LogP) is 2.59. The van der Waals surface area contributed by atoms with E-state index in [2.05, 4.69) is 26.3 Å². The van der Waals surface area contributed by atoms with E-state index in [1.165, 1.54) is 0 Å². The van der Waals surface area contributed by atoms with Gasteiger partial charge in [-0.05, 0) is 70.6 Å². The highest BCUT2D eigenvalue weighted by atomic mass is 16.6. The second kappa shape index (κ2) is 11.6. The first-order chi connectivity index (χ1) is 14.7. The molecule has 1 aromatic rings. The third-order valence-corrected chi connectivity index (χ3v) is 5.13. The number of alkyl carbamates (subject to hydrolysis) is 1. The molecule has 0 aromatic heterocycles. The number of carbonyl (C=O) groups excluding carboxylic acids is 2. The van der Waals surface area contributed by atoms with Gasteiger partial charge in [0.15, 0.2) is 5.96 Å². The van der Waals surface area contributed by atoms with E-state index < -0.39 is 5.60 Å². The quantitative estimate of drug-likeness (QED) is 0.409. The van der Waals surface area contributed by atoms with Gasteiger partial charge in [-0.15, -0.1) is 0 Å². The molecule has 0 bridgehead atoms. The summed E-state index contributed by atoms with van der Waals surface area (Å²) < 4.78 is 5.34. The zero-order chi connectivity index (χ0) is 22.9. The molecule has 0 radical (unpaired) electrons. The van der Waals surface area contributed by atoms with Crippen LogP contribution in [0.5, 0.6) is 0 Å². The number of benzene rings is 1. The molecule has 1 fully saturated rings. The number of guanidine groups is 1. The molecule has 8 heteroatoms. The van der Waals surface area contributed by atoms with Crippen molar-refractivity contribution in [2.45, 2.75) is 70.6 Å². The van der Waals surface area contributed by atoms with E-state index in [-0.39, 0.29) is 18.0 Å². The third kappa shape index (κ3) is 8.86. The fraction of sp³-hybridized carbons (Fsp3) is 0.609. The topological polar surface area (TPSA) is 104 Å². The number of hydrogen-bond acceptors (Lipinski definition) is 4. The van der Waals surface area contributed by atoms with Gasteiger partial charge in [-0.25, -0.2) is 4.79 Å². The van der Waals surface area contributed by atoms with Gasteiger partial charge in [-0.3, -0.25) is 9.79 Å². The Bertz CT molecular complexity index is 765. The van der Waals surface area contributed by atoms with Crippen LogP contribution in [0, 0.1) is 0 Å². The average molecular weight is 432 g/mol. The van der Waals surface area contributed by atoms with Gasteiger partial charge in [-0.2, -0.15) is 0 Å². The Balaban J connectivity index is 1.72. The second-order valence-electron chi connectivity index (χ2n) is 8.87. The monoisotopic (exact) mass is 431 g/mol. The van der Waals surface area contributed by atoms with Crippen molar-refractivity contribution in [3.63, 3.8) is 0 Å². The van der Waals surface area contributed by atoms with Crippen molar-refractivity contribution in [2.75, 3.05) is 20.6 Å². The van der Waals surface area contributed by atoms with E-state index >= 15 is 0 Å². The lowest BCUT2D eigenvalue weighted by atomic mass is 9.91. The molecule has 0 aliphatic heterocycles. The molecular formula is C23H37N5O3. The molecule has 31 heavy (non-hydrogen) atoms. The summed E-state index contributed by atoms with van der Waals surface area (Å²) in [5.41, 5.74) is 1.28. The zero-order valence-electron chi connectivity index (χ0n) is 19.4. The van der Waals surface area contributed by atoms with Crippen LogP contribution in [-0.2, 0) is 11.2 Å². The molecule has 0 spiro atoms. The number of rotatable bonds is 6. The van der Waals surface area contributed by atoms with Crippen molar-refractivity contribution in [1.29, 1.82) is 0 Å². The first kappa shape index (κ1) is 24.5. The van der Waals surface area contributed by atoms with E-state index in [4.69, 9.17) is 4.74 Å². The molecule has 0 atom stereocenters. The summed E-state index contributed by atoms with van der Waals surface area (Å²) in [6.07, 6.45) is 4.16. The van der Waals surface area contributed by atoms with E-state index in [1.807, 2.05) is 45.0 Å². The number of aliphatic imine (C=N–C) groups is 1. The first-order valence-electron chi connectivity index (χ1n) is 11.0. The van der Waals surface area contributed by atoms with Gasteiger partial charge in [-0.1, -0.05) is 12.1 Å².